The molecule has 0 aliphatic carbocycles. The van der Waals surface area contributed by atoms with Crippen LogP contribution in [0.3, 0.4) is 0 Å². The van der Waals surface area contributed by atoms with Gasteiger partial charge in [0.2, 0.25) is 5.43 Å². The number of hydrogen-bond donors (Lipinski definition) is 1. The van der Waals surface area contributed by atoms with E-state index in [-0.39, 0.29) is 11.6 Å². The van der Waals surface area contributed by atoms with Crippen molar-refractivity contribution in [1.29, 1.82) is 0 Å². The van der Waals surface area contributed by atoms with Crippen molar-refractivity contribution in [1.82, 2.24) is 4.57 Å². The highest BCUT2D eigenvalue weighted by atomic mass is 79.9. The molecule has 1 aliphatic heterocycles. The molecule has 132 valence electrons. The van der Waals surface area contributed by atoms with Crippen LogP contribution < -0.4 is 10.7 Å². The van der Waals surface area contributed by atoms with Gasteiger partial charge in [-0.1, -0.05) is 22.0 Å². The molecule has 4 nitrogen and oxygen atoms in total. The third-order valence-electron chi connectivity index (χ3n) is 4.61. The lowest BCUT2D eigenvalue weighted by molar-refractivity contribution is 0.102. The van der Waals surface area contributed by atoms with Crippen LogP contribution in [0.25, 0.3) is 10.9 Å². The molecule has 0 spiro atoms. The van der Waals surface area contributed by atoms with Crippen molar-refractivity contribution < 1.29 is 13.6 Å². The van der Waals surface area contributed by atoms with Crippen LogP contribution in [0.4, 0.5) is 14.5 Å². The number of nitrogens with zero attached hydrogens (tertiary/aromatic N) is 1. The van der Waals surface area contributed by atoms with Gasteiger partial charge >= 0.3 is 0 Å². The number of aromatic nitrogens is 1. The maximum atomic E-state index is 13.8. The molecule has 1 amide bonds. The van der Waals surface area contributed by atoms with Crippen LogP contribution in [0.15, 0.2) is 45.8 Å². The molecule has 1 N–H and O–H groups in total. The Bertz CT molecular complexity index is 1120. The first-order valence-corrected chi connectivity index (χ1v) is 8.78. The molecule has 3 aromatic rings. The number of halogens is 3. The second-order valence-electron chi connectivity index (χ2n) is 6.34. The van der Waals surface area contributed by atoms with E-state index in [4.69, 9.17) is 0 Å². The molecule has 4 rings (SSSR count). The molecule has 2 aromatic carbocycles. The first-order valence-electron chi connectivity index (χ1n) is 7.99. The Morgan fingerprint density at radius 1 is 1.27 bits per heavy atom. The van der Waals surface area contributed by atoms with Gasteiger partial charge in [0.15, 0.2) is 0 Å². The van der Waals surface area contributed by atoms with Crippen LogP contribution in [-0.2, 0) is 6.42 Å². The number of amides is 1. The molecular weight excluding hydrogens is 406 g/mol. The van der Waals surface area contributed by atoms with Gasteiger partial charge in [-0.2, -0.15) is 0 Å². The van der Waals surface area contributed by atoms with Gasteiger partial charge in [0.25, 0.3) is 5.91 Å². The Morgan fingerprint density at radius 2 is 1.96 bits per heavy atom. The van der Waals surface area contributed by atoms with Crippen LogP contribution in [0.2, 0.25) is 0 Å². The van der Waals surface area contributed by atoms with Crippen LogP contribution in [0.1, 0.15) is 28.9 Å². The molecule has 0 saturated carbocycles. The Hall–Kier alpha value is -2.54. The number of pyridine rings is 1. The third-order valence-corrected chi connectivity index (χ3v) is 5.06. The fraction of sp³-hybridized carbons (Fsp3) is 0.158. The zero-order chi connectivity index (χ0) is 18.6. The summed E-state index contributed by atoms with van der Waals surface area (Å²) in [7, 11) is 0. The monoisotopic (exact) mass is 418 g/mol. The Morgan fingerprint density at radius 3 is 2.65 bits per heavy atom. The topological polar surface area (TPSA) is 51.1 Å². The maximum absolute atomic E-state index is 13.8. The van der Waals surface area contributed by atoms with Crippen LogP contribution in [0.5, 0.6) is 0 Å². The quantitative estimate of drug-likeness (QED) is 0.669. The predicted molar refractivity (Wildman–Crippen MR) is 98.6 cm³/mol. The van der Waals surface area contributed by atoms with Crippen LogP contribution in [-0.4, -0.2) is 10.5 Å². The molecule has 0 saturated heterocycles. The van der Waals surface area contributed by atoms with Crippen molar-refractivity contribution in [3.63, 3.8) is 0 Å². The van der Waals surface area contributed by atoms with Gasteiger partial charge in [-0.3, -0.25) is 9.59 Å². The van der Waals surface area contributed by atoms with Crippen molar-refractivity contribution >= 4 is 38.4 Å². The van der Waals surface area contributed by atoms with Crippen molar-refractivity contribution in [3.05, 3.63) is 74.0 Å². The molecule has 0 unspecified atom stereocenters. The first kappa shape index (κ1) is 16.9. The van der Waals surface area contributed by atoms with E-state index in [1.165, 1.54) is 12.3 Å². The third kappa shape index (κ3) is 2.54. The number of benzene rings is 2. The summed E-state index contributed by atoms with van der Waals surface area (Å²) in [6.45, 7) is 1.98. The van der Waals surface area contributed by atoms with Gasteiger partial charge in [-0.25, -0.2) is 8.78 Å². The zero-order valence-electron chi connectivity index (χ0n) is 13.6. The minimum atomic E-state index is -0.901. The summed E-state index contributed by atoms with van der Waals surface area (Å²) in [4.78, 5) is 25.4. The highest BCUT2D eigenvalue weighted by Gasteiger charge is 2.25. The predicted octanol–water partition coefficient (Wildman–Crippen LogP) is 4.41. The van der Waals surface area contributed by atoms with Gasteiger partial charge in [0.1, 0.15) is 22.9 Å². The number of para-hydroxylation sites is 1. The van der Waals surface area contributed by atoms with E-state index in [1.54, 1.807) is 6.07 Å². The average Bonchev–Trinajstić information content (AvgIpc) is 2.89. The Labute approximate surface area is 155 Å². The van der Waals surface area contributed by atoms with E-state index < -0.39 is 28.7 Å². The van der Waals surface area contributed by atoms with E-state index in [1.807, 2.05) is 17.6 Å². The molecular formula is C19H13BrF2N2O2. The lowest BCUT2D eigenvalue weighted by Crippen LogP contribution is -2.24. The number of nitrogens with one attached hydrogen (secondary N) is 1. The normalized spacial score (nSPS) is 15.5. The molecule has 1 atom stereocenters. The summed E-state index contributed by atoms with van der Waals surface area (Å²) in [6.07, 6.45) is 2.20. The highest BCUT2D eigenvalue weighted by molar-refractivity contribution is 9.10. The van der Waals surface area contributed by atoms with Gasteiger partial charge in [-0.15, -0.1) is 0 Å². The highest BCUT2D eigenvalue weighted by Crippen LogP contribution is 2.33. The summed E-state index contributed by atoms with van der Waals surface area (Å²) >= 11 is 3.39. The maximum Gasteiger partial charge on any atom is 0.261 e. The molecule has 2 heterocycles. The molecule has 26 heavy (non-hydrogen) atoms. The summed E-state index contributed by atoms with van der Waals surface area (Å²) in [5.74, 6) is -2.64. The minimum Gasteiger partial charge on any atom is -0.343 e. The fourth-order valence-corrected chi connectivity index (χ4v) is 3.93. The van der Waals surface area contributed by atoms with Gasteiger partial charge in [-0.05, 0) is 43.2 Å². The van der Waals surface area contributed by atoms with Crippen LogP contribution in [0, 0.1) is 11.6 Å². The van der Waals surface area contributed by atoms with Crippen molar-refractivity contribution in [2.75, 3.05) is 5.32 Å². The largest absolute Gasteiger partial charge is 0.343 e. The molecule has 1 aliphatic rings. The number of hydrogen-bond acceptors (Lipinski definition) is 2. The molecule has 1 aromatic heterocycles. The van der Waals surface area contributed by atoms with Crippen molar-refractivity contribution in [2.24, 2.45) is 0 Å². The summed E-state index contributed by atoms with van der Waals surface area (Å²) < 4.78 is 30.2. The van der Waals surface area contributed by atoms with Gasteiger partial charge in [0, 0.05) is 22.1 Å². The zero-order valence-corrected chi connectivity index (χ0v) is 15.2. The van der Waals surface area contributed by atoms with Crippen molar-refractivity contribution in [3.8, 4) is 0 Å². The Balaban J connectivity index is 1.87. The fourth-order valence-electron chi connectivity index (χ4n) is 3.42. The average molecular weight is 419 g/mol. The molecule has 0 radical (unpaired) electrons. The summed E-state index contributed by atoms with van der Waals surface area (Å²) in [5, 5.41) is 2.59. The number of rotatable bonds is 2. The van der Waals surface area contributed by atoms with Crippen LogP contribution >= 0.6 is 15.9 Å². The van der Waals surface area contributed by atoms with E-state index >= 15 is 0 Å². The van der Waals surface area contributed by atoms with E-state index in [2.05, 4.69) is 21.2 Å². The molecule has 0 fully saturated rings. The second-order valence-corrected chi connectivity index (χ2v) is 7.26. The van der Waals surface area contributed by atoms with E-state index in [0.29, 0.717) is 5.39 Å². The SMILES string of the molecule is C[C@H]1Cc2cc(Br)cc3c(=O)c(C(=O)Nc4c(F)cccc4F)cn1c23. The van der Waals surface area contributed by atoms with E-state index in [9.17, 15) is 18.4 Å². The lowest BCUT2D eigenvalue weighted by atomic mass is 10.1. The molecule has 7 heteroatoms. The minimum absolute atomic E-state index is 0.0687. The second kappa shape index (κ2) is 6.02. The standard InChI is InChI=1S/C19H13BrF2N2O2/c1-9-5-10-6-11(20)7-12-17(10)24(9)8-13(18(12)25)19(26)23-16-14(21)3-2-4-15(16)22/h2-4,6-9H,5H2,1H3,(H,23,26)/t9-/m0/s1. The number of carbonyl (C=O) groups is 1. The van der Waals surface area contributed by atoms with E-state index in [0.717, 1.165) is 34.1 Å². The van der Waals surface area contributed by atoms with Gasteiger partial charge < -0.3 is 9.88 Å². The van der Waals surface area contributed by atoms with Crippen molar-refractivity contribution in [2.45, 2.75) is 19.4 Å². The number of anilines is 1. The summed E-state index contributed by atoms with van der Waals surface area (Å²) in [6, 6.07) is 6.96. The molecule has 0 bridgehead atoms. The van der Waals surface area contributed by atoms with Gasteiger partial charge in [0.05, 0.1) is 5.52 Å². The first-order chi connectivity index (χ1) is 12.4. The smallest absolute Gasteiger partial charge is 0.261 e. The Kier molecular flexibility index (Phi) is 3.91. The number of carbonyl (C=O) groups excluding carboxylic acids is 1. The summed E-state index contributed by atoms with van der Waals surface area (Å²) in [5.41, 5.74) is 0.618. The lowest BCUT2D eigenvalue weighted by Gasteiger charge is -2.13.